The number of hydrogen-bond donors (Lipinski definition) is 0. The van der Waals surface area contributed by atoms with Crippen molar-refractivity contribution in [2.45, 2.75) is 30.0 Å². The van der Waals surface area contributed by atoms with E-state index < -0.39 is 50.3 Å². The fraction of sp³-hybridized carbons (Fsp3) is 0.467. The van der Waals surface area contributed by atoms with Gasteiger partial charge in [-0.05, 0) is 25.0 Å². The van der Waals surface area contributed by atoms with Gasteiger partial charge in [0.1, 0.15) is 11.6 Å². The van der Waals surface area contributed by atoms with Gasteiger partial charge in [0.05, 0.1) is 6.04 Å². The second-order valence-corrected chi connectivity index (χ2v) is 8.17. The number of nitrogens with zero attached hydrogens (tertiary/aromatic N) is 4. The van der Waals surface area contributed by atoms with Crippen molar-refractivity contribution in [3.05, 3.63) is 46.1 Å². The van der Waals surface area contributed by atoms with Crippen molar-refractivity contribution in [2.75, 3.05) is 13.1 Å². The molecule has 1 fully saturated rings. The molecule has 0 unspecified atom stereocenters. The number of rotatable bonds is 3. The highest BCUT2D eigenvalue weighted by Gasteiger charge is 2.40. The average molecular weight is 426 g/mol. The van der Waals surface area contributed by atoms with Gasteiger partial charge in [-0.2, -0.15) is 17.5 Å². The van der Waals surface area contributed by atoms with Crippen LogP contribution in [0, 0.1) is 11.6 Å². The summed E-state index contributed by atoms with van der Waals surface area (Å²) in [6.07, 6.45) is -4.89. The molecular formula is C15H15F5N4O3S. The van der Waals surface area contributed by atoms with Gasteiger partial charge in [-0.3, -0.25) is 4.57 Å². The molecular weight excluding hydrogens is 411 g/mol. The van der Waals surface area contributed by atoms with Crippen LogP contribution in [0.1, 0.15) is 24.7 Å². The molecule has 1 aliphatic rings. The zero-order valence-electron chi connectivity index (χ0n) is 14.4. The van der Waals surface area contributed by atoms with Crippen LogP contribution in [0.3, 0.4) is 0 Å². The molecule has 7 nitrogen and oxygen atoms in total. The summed E-state index contributed by atoms with van der Waals surface area (Å²) < 4.78 is 93.3. The molecule has 0 bridgehead atoms. The van der Waals surface area contributed by atoms with Crippen LogP contribution in [0.4, 0.5) is 22.0 Å². The first kappa shape index (κ1) is 20.5. The smallest absolute Gasteiger partial charge is 0.274 e. The van der Waals surface area contributed by atoms with Crippen molar-refractivity contribution in [1.29, 1.82) is 0 Å². The van der Waals surface area contributed by atoms with Gasteiger partial charge in [-0.15, -0.1) is 5.10 Å². The fourth-order valence-electron chi connectivity index (χ4n) is 3.13. The van der Waals surface area contributed by atoms with Gasteiger partial charge in [0.25, 0.3) is 0 Å². The predicted molar refractivity (Wildman–Crippen MR) is 85.9 cm³/mol. The van der Waals surface area contributed by atoms with Gasteiger partial charge in [0.15, 0.2) is 4.90 Å². The molecule has 0 aliphatic carbocycles. The maximum Gasteiger partial charge on any atom is 0.451 e. The zero-order chi connectivity index (χ0) is 20.9. The van der Waals surface area contributed by atoms with Crippen LogP contribution in [0.2, 0.25) is 0 Å². The van der Waals surface area contributed by atoms with Gasteiger partial charge in [0.2, 0.25) is 15.8 Å². The summed E-state index contributed by atoms with van der Waals surface area (Å²) in [7, 11) is -3.54. The van der Waals surface area contributed by atoms with Crippen molar-refractivity contribution in [3.8, 4) is 0 Å². The third kappa shape index (κ3) is 3.43. The summed E-state index contributed by atoms with van der Waals surface area (Å²) in [5.74, 6) is -3.84. The van der Waals surface area contributed by atoms with Crippen LogP contribution < -0.4 is 5.69 Å². The molecule has 1 aromatic carbocycles. The topological polar surface area (TPSA) is 77.2 Å². The Morgan fingerprint density at radius 3 is 2.11 bits per heavy atom. The van der Waals surface area contributed by atoms with Crippen molar-refractivity contribution in [1.82, 2.24) is 18.7 Å². The molecule has 0 saturated carbocycles. The van der Waals surface area contributed by atoms with E-state index in [-0.39, 0.29) is 25.9 Å². The summed E-state index contributed by atoms with van der Waals surface area (Å²) in [6.45, 7) is -0.462. The largest absolute Gasteiger partial charge is 0.451 e. The molecule has 154 valence electrons. The summed E-state index contributed by atoms with van der Waals surface area (Å²) in [5, 5.41) is 3.33. The van der Waals surface area contributed by atoms with E-state index in [0.29, 0.717) is 9.25 Å². The average Bonchev–Trinajstić information content (AvgIpc) is 2.90. The first-order valence-corrected chi connectivity index (χ1v) is 9.55. The number of piperidine rings is 1. The van der Waals surface area contributed by atoms with E-state index in [9.17, 15) is 35.2 Å². The highest BCUT2D eigenvalue weighted by molar-refractivity contribution is 7.89. The van der Waals surface area contributed by atoms with E-state index in [1.54, 1.807) is 0 Å². The minimum absolute atomic E-state index is 0.0382. The monoisotopic (exact) mass is 426 g/mol. The Morgan fingerprint density at radius 1 is 1.11 bits per heavy atom. The van der Waals surface area contributed by atoms with Crippen LogP contribution >= 0.6 is 0 Å². The Balaban J connectivity index is 1.83. The number of sulfonamides is 1. The van der Waals surface area contributed by atoms with E-state index in [2.05, 4.69) is 5.10 Å². The second-order valence-electron chi connectivity index (χ2n) is 6.29. The van der Waals surface area contributed by atoms with E-state index >= 15 is 0 Å². The number of benzene rings is 1. The highest BCUT2D eigenvalue weighted by atomic mass is 32.2. The number of hydrogen-bond acceptors (Lipinski definition) is 4. The van der Waals surface area contributed by atoms with Gasteiger partial charge >= 0.3 is 11.9 Å². The van der Waals surface area contributed by atoms with Crippen LogP contribution in [-0.2, 0) is 23.2 Å². The van der Waals surface area contributed by atoms with Crippen LogP contribution in [0.15, 0.2) is 27.9 Å². The fourth-order valence-corrected chi connectivity index (χ4v) is 4.70. The van der Waals surface area contributed by atoms with E-state index in [1.165, 1.54) is 0 Å². The Kier molecular flexibility index (Phi) is 5.08. The molecule has 13 heteroatoms. The lowest BCUT2D eigenvalue weighted by Gasteiger charge is -2.30. The third-order valence-electron chi connectivity index (χ3n) is 4.54. The molecule has 0 spiro atoms. The molecule has 0 atom stereocenters. The minimum Gasteiger partial charge on any atom is -0.274 e. The van der Waals surface area contributed by atoms with Crippen molar-refractivity contribution >= 4 is 10.0 Å². The molecule has 2 aromatic rings. The lowest BCUT2D eigenvalue weighted by atomic mass is 10.1. The SMILES string of the molecule is Cn1c(C(F)(F)F)nn(C2CCN(S(=O)(=O)c3c(F)cccc3F)CC2)c1=O. The van der Waals surface area contributed by atoms with E-state index in [1.807, 2.05) is 0 Å². The first-order valence-electron chi connectivity index (χ1n) is 8.11. The molecule has 0 radical (unpaired) electrons. The lowest BCUT2D eigenvalue weighted by molar-refractivity contribution is -0.147. The van der Waals surface area contributed by atoms with Crippen LogP contribution in [-0.4, -0.2) is 40.2 Å². The maximum atomic E-state index is 13.8. The molecule has 28 heavy (non-hydrogen) atoms. The van der Waals surface area contributed by atoms with Gasteiger partial charge in [0, 0.05) is 20.1 Å². The molecule has 0 amide bonds. The van der Waals surface area contributed by atoms with Gasteiger partial charge in [-0.25, -0.2) is 26.7 Å². The molecule has 1 saturated heterocycles. The number of aromatic nitrogens is 3. The van der Waals surface area contributed by atoms with Gasteiger partial charge < -0.3 is 0 Å². The normalized spacial score (nSPS) is 17.2. The van der Waals surface area contributed by atoms with Gasteiger partial charge in [-0.1, -0.05) is 6.07 Å². The van der Waals surface area contributed by atoms with Crippen molar-refractivity contribution in [2.24, 2.45) is 7.05 Å². The summed E-state index contributed by atoms with van der Waals surface area (Å²) in [4.78, 5) is 11.0. The second kappa shape index (κ2) is 6.95. The molecule has 0 N–H and O–H groups in total. The Morgan fingerprint density at radius 2 is 1.64 bits per heavy atom. The highest BCUT2D eigenvalue weighted by Crippen LogP contribution is 2.30. The lowest BCUT2D eigenvalue weighted by Crippen LogP contribution is -2.41. The third-order valence-corrected chi connectivity index (χ3v) is 6.49. The van der Waals surface area contributed by atoms with Crippen LogP contribution in [0.25, 0.3) is 0 Å². The summed E-state index contributed by atoms with van der Waals surface area (Å²) in [5.41, 5.74) is -0.978. The summed E-state index contributed by atoms with van der Waals surface area (Å²) >= 11 is 0. The molecule has 3 rings (SSSR count). The Hall–Kier alpha value is -2.28. The minimum atomic E-state index is -4.81. The standard InChI is InChI=1S/C15H15F5N4O3S/c1-22-13(15(18,19)20)21-24(14(22)25)9-5-7-23(8-6-9)28(26,27)12-10(16)3-2-4-11(12)17/h2-4,9H,5-8H2,1H3. The molecule has 1 aromatic heterocycles. The summed E-state index contributed by atoms with van der Waals surface area (Å²) in [6, 6.07) is 1.89. The van der Waals surface area contributed by atoms with Crippen molar-refractivity contribution in [3.63, 3.8) is 0 Å². The quantitative estimate of drug-likeness (QED) is 0.703. The Bertz CT molecular complexity index is 1030. The van der Waals surface area contributed by atoms with Crippen molar-refractivity contribution < 1.29 is 30.4 Å². The Labute approximate surface area is 156 Å². The molecule has 1 aliphatic heterocycles. The zero-order valence-corrected chi connectivity index (χ0v) is 15.3. The number of alkyl halides is 3. The predicted octanol–water partition coefficient (Wildman–Crippen LogP) is 1.90. The maximum absolute atomic E-state index is 13.8. The molecule has 2 heterocycles. The number of halogens is 5. The van der Waals surface area contributed by atoms with E-state index in [0.717, 1.165) is 29.6 Å². The van der Waals surface area contributed by atoms with Crippen LogP contribution in [0.5, 0.6) is 0 Å². The first-order chi connectivity index (χ1) is 12.9. The van der Waals surface area contributed by atoms with E-state index in [4.69, 9.17) is 0 Å².